The molecule has 1 amide bonds. The Balaban J connectivity index is 2.17. The van der Waals surface area contributed by atoms with Gasteiger partial charge in [0.05, 0.1) is 11.1 Å². The Morgan fingerprint density at radius 2 is 2.30 bits per heavy atom. The lowest BCUT2D eigenvalue weighted by atomic mass is 9.87. The Morgan fingerprint density at radius 1 is 1.60 bits per heavy atom. The van der Waals surface area contributed by atoms with E-state index in [0.717, 1.165) is 6.42 Å². The highest BCUT2D eigenvalue weighted by Gasteiger charge is 2.30. The van der Waals surface area contributed by atoms with E-state index in [1.807, 2.05) is 0 Å². The van der Waals surface area contributed by atoms with E-state index in [1.165, 1.54) is 16.8 Å². The summed E-state index contributed by atoms with van der Waals surface area (Å²) < 4.78 is 1.51. The van der Waals surface area contributed by atoms with Gasteiger partial charge in [0.1, 0.15) is 5.69 Å². The zero-order valence-corrected chi connectivity index (χ0v) is 11.8. The maximum Gasteiger partial charge on any atom is 0.287 e. The van der Waals surface area contributed by atoms with Crippen molar-refractivity contribution < 1.29 is 9.72 Å². The van der Waals surface area contributed by atoms with Crippen LogP contribution in [0.25, 0.3) is 0 Å². The number of nitrogens with zero attached hydrogens (tertiary/aromatic N) is 3. The fourth-order valence-corrected chi connectivity index (χ4v) is 2.66. The summed E-state index contributed by atoms with van der Waals surface area (Å²) in [6, 6.07) is 1.33. The van der Waals surface area contributed by atoms with Crippen LogP contribution < -0.4 is 5.73 Å². The molecule has 0 aromatic carbocycles. The summed E-state index contributed by atoms with van der Waals surface area (Å²) in [7, 11) is 1.65. The largest absolute Gasteiger partial charge is 0.340 e. The number of nitrogens with two attached hydrogens (primary N) is 1. The Hall–Kier alpha value is -1.89. The molecule has 0 bridgehead atoms. The number of aromatic nitrogens is 1. The van der Waals surface area contributed by atoms with Crippen LogP contribution in [0.15, 0.2) is 12.3 Å². The summed E-state index contributed by atoms with van der Waals surface area (Å²) in [5.74, 6) is 0.640. The third-order valence-electron chi connectivity index (χ3n) is 4.12. The van der Waals surface area contributed by atoms with Crippen molar-refractivity contribution in [1.29, 1.82) is 0 Å². The maximum atomic E-state index is 12.5. The molecule has 2 unspecified atom stereocenters. The molecule has 0 radical (unpaired) electrons. The lowest BCUT2D eigenvalue weighted by molar-refractivity contribution is -0.384. The van der Waals surface area contributed by atoms with E-state index in [0.29, 0.717) is 37.2 Å². The van der Waals surface area contributed by atoms with Crippen LogP contribution in [-0.2, 0) is 7.05 Å². The zero-order chi connectivity index (χ0) is 14.9. The predicted molar refractivity (Wildman–Crippen MR) is 74.3 cm³/mol. The van der Waals surface area contributed by atoms with E-state index in [9.17, 15) is 14.9 Å². The summed E-state index contributed by atoms with van der Waals surface area (Å²) in [4.78, 5) is 24.5. The molecule has 1 aliphatic heterocycles. The number of carbonyl (C=O) groups is 1. The van der Waals surface area contributed by atoms with Gasteiger partial charge in [0.25, 0.3) is 11.6 Å². The number of hydrogen-bond donors (Lipinski definition) is 1. The van der Waals surface area contributed by atoms with Crippen molar-refractivity contribution in [2.24, 2.45) is 24.6 Å². The van der Waals surface area contributed by atoms with Gasteiger partial charge in [-0.2, -0.15) is 0 Å². The van der Waals surface area contributed by atoms with Crippen molar-refractivity contribution in [2.75, 3.05) is 19.6 Å². The molecule has 1 aromatic heterocycles. The minimum absolute atomic E-state index is 0.0587. The molecule has 20 heavy (non-hydrogen) atoms. The normalized spacial score (nSPS) is 22.9. The van der Waals surface area contributed by atoms with Crippen molar-refractivity contribution in [3.05, 3.63) is 28.1 Å². The zero-order valence-electron chi connectivity index (χ0n) is 11.8. The van der Waals surface area contributed by atoms with Gasteiger partial charge < -0.3 is 15.2 Å². The van der Waals surface area contributed by atoms with E-state index in [4.69, 9.17) is 5.73 Å². The molecule has 7 heteroatoms. The summed E-state index contributed by atoms with van der Waals surface area (Å²) in [6.07, 6.45) is 2.28. The van der Waals surface area contributed by atoms with Crippen LogP contribution in [0.1, 0.15) is 23.8 Å². The third kappa shape index (κ3) is 2.67. The van der Waals surface area contributed by atoms with Gasteiger partial charge in [-0.3, -0.25) is 14.9 Å². The molecule has 2 rings (SSSR count). The maximum absolute atomic E-state index is 12.5. The van der Waals surface area contributed by atoms with Crippen molar-refractivity contribution in [3.8, 4) is 0 Å². The summed E-state index contributed by atoms with van der Waals surface area (Å²) >= 11 is 0. The topological polar surface area (TPSA) is 94.4 Å². The third-order valence-corrected chi connectivity index (χ3v) is 4.12. The monoisotopic (exact) mass is 280 g/mol. The molecule has 2 heterocycles. The summed E-state index contributed by atoms with van der Waals surface area (Å²) in [5.41, 5.74) is 6.03. The van der Waals surface area contributed by atoms with Gasteiger partial charge in [0.15, 0.2) is 0 Å². The van der Waals surface area contributed by atoms with Crippen molar-refractivity contribution in [1.82, 2.24) is 9.47 Å². The standard InChI is InChI=1S/C13H20N4O3/c1-9-3-4-16(7-10(9)6-14)13(18)12-5-11(17(19)20)8-15(12)2/h5,8-10H,3-4,6-7,14H2,1-2H3. The van der Waals surface area contributed by atoms with Gasteiger partial charge in [0, 0.05) is 26.2 Å². The van der Waals surface area contributed by atoms with Crippen LogP contribution in [0.4, 0.5) is 5.69 Å². The Kier molecular flexibility index (Phi) is 4.08. The van der Waals surface area contributed by atoms with Gasteiger partial charge in [-0.15, -0.1) is 0 Å². The van der Waals surface area contributed by atoms with Crippen molar-refractivity contribution in [3.63, 3.8) is 0 Å². The molecule has 2 atom stereocenters. The Morgan fingerprint density at radius 3 is 2.85 bits per heavy atom. The van der Waals surface area contributed by atoms with E-state index in [1.54, 1.807) is 11.9 Å². The first-order valence-electron chi connectivity index (χ1n) is 6.74. The second-order valence-electron chi connectivity index (χ2n) is 5.46. The number of amides is 1. The predicted octanol–water partition coefficient (Wildman–Crippen LogP) is 0.990. The highest BCUT2D eigenvalue weighted by molar-refractivity contribution is 5.93. The quantitative estimate of drug-likeness (QED) is 0.660. The van der Waals surface area contributed by atoms with E-state index in [2.05, 4.69) is 6.92 Å². The molecule has 0 spiro atoms. The average Bonchev–Trinajstić information content (AvgIpc) is 2.81. The minimum atomic E-state index is -0.488. The van der Waals surface area contributed by atoms with Crippen LogP contribution in [0, 0.1) is 22.0 Å². The molecule has 1 saturated heterocycles. The second kappa shape index (κ2) is 5.62. The molecule has 0 saturated carbocycles. The number of hydrogen-bond acceptors (Lipinski definition) is 4. The highest BCUT2D eigenvalue weighted by atomic mass is 16.6. The van der Waals surface area contributed by atoms with Crippen LogP contribution in [0.5, 0.6) is 0 Å². The number of carbonyl (C=O) groups excluding carboxylic acids is 1. The van der Waals surface area contributed by atoms with Gasteiger partial charge in [-0.1, -0.05) is 6.92 Å². The fraction of sp³-hybridized carbons (Fsp3) is 0.615. The molecular formula is C13H20N4O3. The summed E-state index contributed by atoms with van der Waals surface area (Å²) in [6.45, 7) is 4.00. The summed E-state index contributed by atoms with van der Waals surface area (Å²) in [5, 5.41) is 10.8. The molecular weight excluding hydrogens is 260 g/mol. The lowest BCUT2D eigenvalue weighted by Gasteiger charge is -2.36. The molecule has 1 aromatic rings. The second-order valence-corrected chi connectivity index (χ2v) is 5.46. The SMILES string of the molecule is CC1CCN(C(=O)c2cc([N+](=O)[O-])cn2C)CC1CN. The van der Waals surface area contributed by atoms with Crippen molar-refractivity contribution >= 4 is 11.6 Å². The van der Waals surface area contributed by atoms with Crippen molar-refractivity contribution in [2.45, 2.75) is 13.3 Å². The first-order valence-corrected chi connectivity index (χ1v) is 6.74. The molecule has 1 aliphatic rings. The van der Waals surface area contributed by atoms with Gasteiger partial charge in [0.2, 0.25) is 0 Å². The molecule has 7 nitrogen and oxygen atoms in total. The Bertz CT molecular complexity index is 526. The number of rotatable bonds is 3. The van der Waals surface area contributed by atoms with E-state index < -0.39 is 4.92 Å². The Labute approximate surface area is 117 Å². The first kappa shape index (κ1) is 14.5. The molecule has 1 fully saturated rings. The highest BCUT2D eigenvalue weighted by Crippen LogP contribution is 2.24. The molecule has 110 valence electrons. The number of likely N-dealkylation sites (tertiary alicyclic amines) is 1. The van der Waals surface area contributed by atoms with E-state index in [-0.39, 0.29) is 11.6 Å². The van der Waals surface area contributed by atoms with Crippen LogP contribution in [0.2, 0.25) is 0 Å². The first-order chi connectivity index (χ1) is 9.43. The lowest BCUT2D eigenvalue weighted by Crippen LogP contribution is -2.45. The fourth-order valence-electron chi connectivity index (χ4n) is 2.66. The van der Waals surface area contributed by atoms with Crippen LogP contribution >= 0.6 is 0 Å². The van der Waals surface area contributed by atoms with Gasteiger partial charge in [-0.25, -0.2) is 0 Å². The molecule has 0 aliphatic carbocycles. The minimum Gasteiger partial charge on any atom is -0.340 e. The number of piperidine rings is 1. The molecule has 2 N–H and O–H groups in total. The average molecular weight is 280 g/mol. The smallest absolute Gasteiger partial charge is 0.287 e. The number of nitro groups is 1. The van der Waals surface area contributed by atoms with Crippen LogP contribution in [0.3, 0.4) is 0 Å². The van der Waals surface area contributed by atoms with E-state index >= 15 is 0 Å². The van der Waals surface area contributed by atoms with Gasteiger partial charge in [-0.05, 0) is 24.8 Å². The van der Waals surface area contributed by atoms with Crippen LogP contribution in [-0.4, -0.2) is 39.9 Å². The van der Waals surface area contributed by atoms with Gasteiger partial charge >= 0.3 is 0 Å². The number of aryl methyl sites for hydroxylation is 1.